The number of hydrogen-bond acceptors (Lipinski definition) is 2. The van der Waals surface area contributed by atoms with Gasteiger partial charge in [-0.2, -0.15) is 0 Å². The summed E-state index contributed by atoms with van der Waals surface area (Å²) in [5, 5.41) is 0. The Labute approximate surface area is 68.7 Å². The number of ether oxygens (including phenoxy) is 1. The van der Waals surface area contributed by atoms with Crippen LogP contribution in [0.2, 0.25) is 0 Å². The zero-order valence-electron chi connectivity index (χ0n) is 7.68. The van der Waals surface area contributed by atoms with Crippen LogP contribution in [0.4, 0.5) is 0 Å². The van der Waals surface area contributed by atoms with Gasteiger partial charge in [-0.3, -0.25) is 4.99 Å². The molecule has 0 saturated carbocycles. The minimum absolute atomic E-state index is 0.158. The van der Waals surface area contributed by atoms with Crippen molar-refractivity contribution in [2.45, 2.75) is 33.6 Å². The monoisotopic (exact) mass is 155 g/mol. The van der Waals surface area contributed by atoms with Crippen LogP contribution in [-0.4, -0.2) is 19.0 Å². The maximum atomic E-state index is 5.42. The fraction of sp³-hybridized carbons (Fsp3) is 0.889. The summed E-state index contributed by atoms with van der Waals surface area (Å²) in [5.41, 5.74) is 0.158. The van der Waals surface area contributed by atoms with Gasteiger partial charge >= 0.3 is 0 Å². The highest BCUT2D eigenvalue weighted by Crippen LogP contribution is 2.26. The van der Waals surface area contributed by atoms with E-state index in [-0.39, 0.29) is 5.41 Å². The lowest BCUT2D eigenvalue weighted by molar-refractivity contribution is 0.285. The molecule has 0 aromatic heterocycles. The summed E-state index contributed by atoms with van der Waals surface area (Å²) in [6, 6.07) is 0. The molecule has 1 heterocycles. The van der Waals surface area contributed by atoms with Gasteiger partial charge in [-0.05, 0) is 6.42 Å². The summed E-state index contributed by atoms with van der Waals surface area (Å²) in [5.74, 6) is 0.958. The normalized spacial score (nSPS) is 17.9. The Morgan fingerprint density at radius 2 is 2.27 bits per heavy atom. The van der Waals surface area contributed by atoms with Crippen LogP contribution in [0.5, 0.6) is 0 Å². The van der Waals surface area contributed by atoms with E-state index in [1.54, 1.807) is 0 Å². The first kappa shape index (κ1) is 8.57. The fourth-order valence-corrected chi connectivity index (χ4v) is 1.48. The molecule has 2 nitrogen and oxygen atoms in total. The summed E-state index contributed by atoms with van der Waals surface area (Å²) in [7, 11) is 0. The van der Waals surface area contributed by atoms with Crippen molar-refractivity contribution >= 4 is 5.90 Å². The lowest BCUT2D eigenvalue weighted by atomic mass is 9.88. The molecule has 0 aromatic carbocycles. The number of rotatable bonds is 3. The van der Waals surface area contributed by atoms with Crippen LogP contribution in [0.15, 0.2) is 4.99 Å². The Morgan fingerprint density at radius 3 is 2.73 bits per heavy atom. The van der Waals surface area contributed by atoms with Crippen molar-refractivity contribution in [1.29, 1.82) is 0 Å². The molecule has 0 spiro atoms. The van der Waals surface area contributed by atoms with Crippen molar-refractivity contribution in [1.82, 2.24) is 0 Å². The molecule has 64 valence electrons. The molecule has 11 heavy (non-hydrogen) atoms. The summed E-state index contributed by atoms with van der Waals surface area (Å²) in [4.78, 5) is 4.32. The zero-order valence-corrected chi connectivity index (χ0v) is 7.68. The smallest absolute Gasteiger partial charge is 0.189 e. The Hall–Kier alpha value is -0.530. The quantitative estimate of drug-likeness (QED) is 0.612. The Bertz CT molecular complexity index is 161. The summed E-state index contributed by atoms with van der Waals surface area (Å²) in [6.07, 6.45) is 2.35. The lowest BCUT2D eigenvalue weighted by Gasteiger charge is -2.22. The van der Waals surface area contributed by atoms with E-state index in [1.165, 1.54) is 6.42 Å². The van der Waals surface area contributed by atoms with Crippen LogP contribution in [0, 0.1) is 5.41 Å². The summed E-state index contributed by atoms with van der Waals surface area (Å²) >= 11 is 0. The van der Waals surface area contributed by atoms with Gasteiger partial charge < -0.3 is 4.74 Å². The van der Waals surface area contributed by atoms with Crippen molar-refractivity contribution < 1.29 is 4.74 Å². The lowest BCUT2D eigenvalue weighted by Crippen LogP contribution is -2.24. The van der Waals surface area contributed by atoms with Gasteiger partial charge in [0.1, 0.15) is 6.61 Å². The first-order chi connectivity index (χ1) is 5.17. The van der Waals surface area contributed by atoms with Crippen molar-refractivity contribution in [3.63, 3.8) is 0 Å². The standard InChI is InChI=1S/C9H17NO/c1-4-5-9(2,3)8-10-6-7-11-8/h4-7H2,1-3H3. The Kier molecular flexibility index (Phi) is 2.53. The first-order valence-electron chi connectivity index (χ1n) is 4.34. The zero-order chi connectivity index (χ0) is 8.32. The van der Waals surface area contributed by atoms with E-state index >= 15 is 0 Å². The molecule has 1 rings (SSSR count). The molecular formula is C9H17NO. The summed E-state index contributed by atoms with van der Waals surface area (Å²) in [6.45, 7) is 8.21. The molecule has 1 aliphatic rings. The second-order valence-electron chi connectivity index (χ2n) is 3.67. The highest BCUT2D eigenvalue weighted by molar-refractivity contribution is 5.82. The van der Waals surface area contributed by atoms with Crippen molar-refractivity contribution in [2.75, 3.05) is 13.2 Å². The molecule has 0 atom stereocenters. The van der Waals surface area contributed by atoms with Crippen LogP contribution < -0.4 is 0 Å². The molecule has 0 bridgehead atoms. The highest BCUT2D eigenvalue weighted by Gasteiger charge is 2.27. The highest BCUT2D eigenvalue weighted by atomic mass is 16.5. The van der Waals surface area contributed by atoms with Crippen LogP contribution in [0.3, 0.4) is 0 Å². The van der Waals surface area contributed by atoms with E-state index in [9.17, 15) is 0 Å². The van der Waals surface area contributed by atoms with E-state index in [0.29, 0.717) is 0 Å². The molecule has 0 amide bonds. The van der Waals surface area contributed by atoms with E-state index in [2.05, 4.69) is 25.8 Å². The van der Waals surface area contributed by atoms with E-state index < -0.39 is 0 Å². The second-order valence-corrected chi connectivity index (χ2v) is 3.67. The SMILES string of the molecule is CCCC(C)(C)C1=NCCO1. The van der Waals surface area contributed by atoms with Crippen LogP contribution >= 0.6 is 0 Å². The van der Waals surface area contributed by atoms with Crippen molar-refractivity contribution in [3.8, 4) is 0 Å². The van der Waals surface area contributed by atoms with Crippen LogP contribution in [0.1, 0.15) is 33.6 Å². The molecular weight excluding hydrogens is 138 g/mol. The van der Waals surface area contributed by atoms with Gasteiger partial charge in [-0.1, -0.05) is 27.2 Å². The third-order valence-electron chi connectivity index (χ3n) is 2.04. The first-order valence-corrected chi connectivity index (χ1v) is 4.34. The van der Waals surface area contributed by atoms with Gasteiger partial charge in [0.2, 0.25) is 0 Å². The summed E-state index contributed by atoms with van der Waals surface area (Å²) < 4.78 is 5.42. The predicted molar refractivity (Wildman–Crippen MR) is 46.9 cm³/mol. The Balaban J connectivity index is 2.55. The number of hydrogen-bond donors (Lipinski definition) is 0. The van der Waals surface area contributed by atoms with E-state index in [4.69, 9.17) is 4.74 Å². The van der Waals surface area contributed by atoms with Gasteiger partial charge in [0.15, 0.2) is 5.90 Å². The maximum Gasteiger partial charge on any atom is 0.189 e. The molecule has 2 heteroatoms. The minimum atomic E-state index is 0.158. The van der Waals surface area contributed by atoms with Gasteiger partial charge in [0, 0.05) is 5.41 Å². The topological polar surface area (TPSA) is 21.6 Å². The van der Waals surface area contributed by atoms with Gasteiger partial charge in [-0.25, -0.2) is 0 Å². The van der Waals surface area contributed by atoms with Gasteiger partial charge in [0.25, 0.3) is 0 Å². The van der Waals surface area contributed by atoms with Crippen LogP contribution in [0.25, 0.3) is 0 Å². The molecule has 0 radical (unpaired) electrons. The predicted octanol–water partition coefficient (Wildman–Crippen LogP) is 2.24. The Morgan fingerprint density at radius 1 is 1.55 bits per heavy atom. The number of nitrogens with zero attached hydrogens (tertiary/aromatic N) is 1. The molecule has 0 fully saturated rings. The largest absolute Gasteiger partial charge is 0.479 e. The second kappa shape index (κ2) is 3.24. The number of aliphatic imine (C=N–C) groups is 1. The molecule has 0 saturated heterocycles. The molecule has 0 N–H and O–H groups in total. The maximum absolute atomic E-state index is 5.42. The molecule has 0 unspecified atom stereocenters. The fourth-order valence-electron chi connectivity index (χ4n) is 1.48. The minimum Gasteiger partial charge on any atom is -0.479 e. The average molecular weight is 155 g/mol. The molecule has 0 aromatic rings. The third-order valence-corrected chi connectivity index (χ3v) is 2.04. The van der Waals surface area contributed by atoms with E-state index in [0.717, 1.165) is 25.5 Å². The van der Waals surface area contributed by atoms with Crippen molar-refractivity contribution in [3.05, 3.63) is 0 Å². The van der Waals surface area contributed by atoms with Crippen molar-refractivity contribution in [2.24, 2.45) is 10.4 Å². The van der Waals surface area contributed by atoms with Gasteiger partial charge in [-0.15, -0.1) is 0 Å². The average Bonchev–Trinajstić information content (AvgIpc) is 2.37. The third kappa shape index (κ3) is 1.95. The van der Waals surface area contributed by atoms with Gasteiger partial charge in [0.05, 0.1) is 6.54 Å². The van der Waals surface area contributed by atoms with Crippen LogP contribution in [-0.2, 0) is 4.74 Å². The molecule has 1 aliphatic heterocycles. The molecule has 0 aliphatic carbocycles. The van der Waals surface area contributed by atoms with E-state index in [1.807, 2.05) is 0 Å².